The summed E-state index contributed by atoms with van der Waals surface area (Å²) >= 11 is 0. The van der Waals surface area contributed by atoms with Gasteiger partial charge in [0.1, 0.15) is 5.76 Å². The van der Waals surface area contributed by atoms with Crippen LogP contribution in [0.1, 0.15) is 38.0 Å². The van der Waals surface area contributed by atoms with E-state index in [9.17, 15) is 0 Å². The summed E-state index contributed by atoms with van der Waals surface area (Å²) < 4.78 is 10.9. The van der Waals surface area contributed by atoms with E-state index < -0.39 is 0 Å². The van der Waals surface area contributed by atoms with Crippen molar-refractivity contribution in [1.82, 2.24) is 5.32 Å². The third-order valence-electron chi connectivity index (χ3n) is 3.20. The number of furan rings is 1. The Balaban J connectivity index is 1.78. The van der Waals surface area contributed by atoms with Crippen LogP contribution in [0.25, 0.3) is 0 Å². The molecular formula is C13H21NO2. The molecule has 2 atom stereocenters. The third-order valence-corrected chi connectivity index (χ3v) is 3.20. The van der Waals surface area contributed by atoms with E-state index >= 15 is 0 Å². The highest BCUT2D eigenvalue weighted by Gasteiger charge is 2.17. The lowest BCUT2D eigenvalue weighted by atomic mass is 10.0. The number of ether oxygens (including phenoxy) is 1. The summed E-state index contributed by atoms with van der Waals surface area (Å²) in [5.41, 5.74) is 0. The van der Waals surface area contributed by atoms with Crippen LogP contribution in [0.2, 0.25) is 0 Å². The van der Waals surface area contributed by atoms with Crippen molar-refractivity contribution in [3.63, 3.8) is 0 Å². The van der Waals surface area contributed by atoms with Gasteiger partial charge in [-0.25, -0.2) is 0 Å². The van der Waals surface area contributed by atoms with Gasteiger partial charge < -0.3 is 14.5 Å². The molecule has 0 bridgehead atoms. The van der Waals surface area contributed by atoms with Crippen molar-refractivity contribution in [3.05, 3.63) is 24.2 Å². The Kier molecular flexibility index (Phi) is 4.43. The highest BCUT2D eigenvalue weighted by atomic mass is 16.5. The Labute approximate surface area is 97.2 Å². The van der Waals surface area contributed by atoms with Gasteiger partial charge in [0.05, 0.1) is 18.9 Å². The molecule has 0 aromatic carbocycles. The molecule has 1 aliphatic heterocycles. The smallest absolute Gasteiger partial charge is 0.120 e. The molecule has 1 fully saturated rings. The summed E-state index contributed by atoms with van der Waals surface area (Å²) in [6.45, 7) is 5.05. The van der Waals surface area contributed by atoms with Gasteiger partial charge in [-0.05, 0) is 37.3 Å². The van der Waals surface area contributed by atoms with E-state index in [0.717, 1.165) is 31.9 Å². The normalized spacial score (nSPS) is 23.2. The lowest BCUT2D eigenvalue weighted by molar-refractivity contribution is 0.0534. The molecule has 0 aliphatic carbocycles. The van der Waals surface area contributed by atoms with Crippen LogP contribution in [0.5, 0.6) is 0 Å². The zero-order chi connectivity index (χ0) is 11.2. The Hall–Kier alpha value is -0.800. The minimum absolute atomic E-state index is 0.344. The quantitative estimate of drug-likeness (QED) is 0.833. The van der Waals surface area contributed by atoms with Gasteiger partial charge in [-0.15, -0.1) is 0 Å². The first-order chi connectivity index (χ1) is 7.90. The van der Waals surface area contributed by atoms with Crippen LogP contribution in [-0.2, 0) is 4.74 Å². The van der Waals surface area contributed by atoms with Gasteiger partial charge in [-0.2, -0.15) is 0 Å². The molecule has 2 unspecified atom stereocenters. The molecule has 90 valence electrons. The van der Waals surface area contributed by atoms with Gasteiger partial charge >= 0.3 is 0 Å². The van der Waals surface area contributed by atoms with Crippen molar-refractivity contribution in [2.24, 2.45) is 5.92 Å². The van der Waals surface area contributed by atoms with E-state index in [4.69, 9.17) is 9.15 Å². The van der Waals surface area contributed by atoms with Crippen LogP contribution in [0.4, 0.5) is 0 Å². The predicted octanol–water partition coefficient (Wildman–Crippen LogP) is 2.75. The summed E-state index contributed by atoms with van der Waals surface area (Å²) in [4.78, 5) is 0. The fourth-order valence-electron chi connectivity index (χ4n) is 2.21. The second-order valence-corrected chi connectivity index (χ2v) is 4.47. The largest absolute Gasteiger partial charge is 0.468 e. The summed E-state index contributed by atoms with van der Waals surface area (Å²) in [6.07, 6.45) is 5.27. The van der Waals surface area contributed by atoms with E-state index in [1.165, 1.54) is 12.8 Å². The minimum Gasteiger partial charge on any atom is -0.468 e. The van der Waals surface area contributed by atoms with Crippen LogP contribution >= 0.6 is 0 Å². The monoisotopic (exact) mass is 223 g/mol. The number of rotatable bonds is 5. The molecule has 3 nitrogen and oxygen atoms in total. The molecule has 16 heavy (non-hydrogen) atoms. The van der Waals surface area contributed by atoms with Crippen molar-refractivity contribution in [1.29, 1.82) is 0 Å². The summed E-state index contributed by atoms with van der Waals surface area (Å²) in [6, 6.07) is 4.33. The molecule has 2 heterocycles. The molecule has 0 spiro atoms. The lowest BCUT2D eigenvalue weighted by Gasteiger charge is -2.24. The van der Waals surface area contributed by atoms with Gasteiger partial charge in [0.25, 0.3) is 0 Å². The first-order valence-corrected chi connectivity index (χ1v) is 6.24. The van der Waals surface area contributed by atoms with Crippen LogP contribution in [0, 0.1) is 5.92 Å². The molecule has 0 radical (unpaired) electrons. The van der Waals surface area contributed by atoms with Crippen LogP contribution in [0.3, 0.4) is 0 Å². The highest BCUT2D eigenvalue weighted by Crippen LogP contribution is 2.19. The molecule has 1 aromatic rings. The van der Waals surface area contributed by atoms with Crippen molar-refractivity contribution in [2.75, 3.05) is 19.8 Å². The maximum Gasteiger partial charge on any atom is 0.120 e. The Bertz CT molecular complexity index is 278. The van der Waals surface area contributed by atoms with Crippen molar-refractivity contribution < 1.29 is 9.15 Å². The average Bonchev–Trinajstić information content (AvgIpc) is 2.85. The summed E-state index contributed by atoms with van der Waals surface area (Å²) in [7, 11) is 0. The molecule has 1 saturated heterocycles. The summed E-state index contributed by atoms with van der Waals surface area (Å²) in [5, 5.41) is 3.57. The van der Waals surface area contributed by atoms with Crippen molar-refractivity contribution in [2.45, 2.75) is 32.2 Å². The first-order valence-electron chi connectivity index (χ1n) is 6.24. The van der Waals surface area contributed by atoms with Gasteiger partial charge in [-0.3, -0.25) is 0 Å². The third kappa shape index (κ3) is 3.09. The molecule has 2 rings (SSSR count). The molecule has 1 aromatic heterocycles. The van der Waals surface area contributed by atoms with E-state index in [2.05, 4.69) is 12.2 Å². The van der Waals surface area contributed by atoms with E-state index in [-0.39, 0.29) is 0 Å². The lowest BCUT2D eigenvalue weighted by Crippen LogP contribution is -2.31. The zero-order valence-corrected chi connectivity index (χ0v) is 9.95. The Morgan fingerprint density at radius 1 is 1.56 bits per heavy atom. The SMILES string of the molecule is CCC(NCC1CCCOC1)c1ccco1. The standard InChI is InChI=1S/C13H21NO2/c1-2-12(13-6-4-8-16-13)14-9-11-5-3-7-15-10-11/h4,6,8,11-12,14H,2-3,5,7,9-10H2,1H3. The topological polar surface area (TPSA) is 34.4 Å². The minimum atomic E-state index is 0.344. The molecule has 0 saturated carbocycles. The fraction of sp³-hybridized carbons (Fsp3) is 0.692. The van der Waals surface area contributed by atoms with E-state index in [1.807, 2.05) is 12.1 Å². The van der Waals surface area contributed by atoms with E-state index in [0.29, 0.717) is 12.0 Å². The van der Waals surface area contributed by atoms with Gasteiger partial charge in [-0.1, -0.05) is 6.92 Å². The Morgan fingerprint density at radius 2 is 2.50 bits per heavy atom. The molecule has 3 heteroatoms. The number of hydrogen-bond acceptors (Lipinski definition) is 3. The second-order valence-electron chi connectivity index (χ2n) is 4.47. The van der Waals surface area contributed by atoms with E-state index in [1.54, 1.807) is 6.26 Å². The van der Waals surface area contributed by atoms with Gasteiger partial charge in [0.15, 0.2) is 0 Å². The maximum absolute atomic E-state index is 5.48. The summed E-state index contributed by atoms with van der Waals surface area (Å²) in [5.74, 6) is 1.71. The van der Waals surface area contributed by atoms with Gasteiger partial charge in [0, 0.05) is 13.2 Å². The highest BCUT2D eigenvalue weighted by molar-refractivity contribution is 5.03. The molecule has 1 aliphatic rings. The fourth-order valence-corrected chi connectivity index (χ4v) is 2.21. The first kappa shape index (κ1) is 11.7. The average molecular weight is 223 g/mol. The number of hydrogen-bond donors (Lipinski definition) is 1. The van der Waals surface area contributed by atoms with Gasteiger partial charge in [0.2, 0.25) is 0 Å². The Morgan fingerprint density at radius 3 is 3.12 bits per heavy atom. The zero-order valence-electron chi connectivity index (χ0n) is 9.95. The van der Waals surface area contributed by atoms with Crippen LogP contribution < -0.4 is 5.32 Å². The maximum atomic E-state index is 5.48. The van der Waals surface area contributed by atoms with Crippen molar-refractivity contribution >= 4 is 0 Å². The van der Waals surface area contributed by atoms with Crippen LogP contribution in [0.15, 0.2) is 22.8 Å². The predicted molar refractivity (Wildman–Crippen MR) is 63.3 cm³/mol. The van der Waals surface area contributed by atoms with Crippen molar-refractivity contribution in [3.8, 4) is 0 Å². The molecule has 0 amide bonds. The molecular weight excluding hydrogens is 202 g/mol. The number of nitrogens with one attached hydrogen (secondary N) is 1. The van der Waals surface area contributed by atoms with Crippen LogP contribution in [-0.4, -0.2) is 19.8 Å². The molecule has 1 N–H and O–H groups in total. The second kappa shape index (κ2) is 6.06.